The van der Waals surface area contributed by atoms with E-state index in [1.165, 1.54) is 53.2 Å². The van der Waals surface area contributed by atoms with Crippen LogP contribution in [0.4, 0.5) is 66.5 Å². The minimum atomic E-state index is -0.488. The maximum Gasteiger partial charge on any atom is 0.345 e. The Morgan fingerprint density at radius 1 is 0.465 bits per heavy atom. The van der Waals surface area contributed by atoms with Crippen molar-refractivity contribution in [3.63, 3.8) is 0 Å². The van der Waals surface area contributed by atoms with E-state index in [0.717, 1.165) is 91.6 Å². The van der Waals surface area contributed by atoms with Gasteiger partial charge in [0.2, 0.25) is 10.3 Å². The lowest BCUT2D eigenvalue weighted by atomic mass is 10.2. The number of fused-ring (bicyclic) bond motifs is 1. The molecule has 7 aromatic rings. The summed E-state index contributed by atoms with van der Waals surface area (Å²) >= 11 is 2.18. The van der Waals surface area contributed by atoms with Gasteiger partial charge in [0.15, 0.2) is 0 Å². The fourth-order valence-electron chi connectivity index (χ4n) is 6.81. The first-order valence-electron chi connectivity index (χ1n) is 23.1. The topological polar surface area (TPSA) is 239 Å². The molecule has 2 aromatic heterocycles. The highest BCUT2D eigenvalue weighted by Gasteiger charge is 2.12. The van der Waals surface area contributed by atoms with Gasteiger partial charge in [0, 0.05) is 80.6 Å². The Morgan fingerprint density at radius 2 is 0.845 bits per heavy atom. The minimum absolute atomic E-state index is 0.0394. The smallest absolute Gasteiger partial charge is 0.345 e. The van der Waals surface area contributed by atoms with E-state index in [0.29, 0.717) is 22.0 Å². The largest absolute Gasteiger partial charge is 0.372 e. The molecule has 7 rings (SSSR count). The van der Waals surface area contributed by atoms with Crippen LogP contribution in [-0.2, 0) is 0 Å². The lowest BCUT2D eigenvalue weighted by Gasteiger charge is -2.22. The summed E-state index contributed by atoms with van der Waals surface area (Å²) in [5.41, 5.74) is 7.03. The highest BCUT2D eigenvalue weighted by Crippen LogP contribution is 2.33. The molecule has 71 heavy (non-hydrogen) atoms. The molecular weight excluding hydrogens is 945 g/mol. The van der Waals surface area contributed by atoms with Gasteiger partial charge in [-0.05, 0) is 142 Å². The Hall–Kier alpha value is -7.98. The van der Waals surface area contributed by atoms with Gasteiger partial charge < -0.3 is 14.7 Å². The van der Waals surface area contributed by atoms with Crippen molar-refractivity contribution in [1.29, 1.82) is 0 Å². The normalized spacial score (nSPS) is 11.1. The van der Waals surface area contributed by atoms with Crippen LogP contribution >= 0.6 is 22.7 Å². The quantitative estimate of drug-likeness (QED) is 0.0372. The fourth-order valence-corrected chi connectivity index (χ4v) is 8.19. The molecule has 370 valence electrons. The van der Waals surface area contributed by atoms with Crippen LogP contribution < -0.4 is 14.7 Å². The summed E-state index contributed by atoms with van der Waals surface area (Å²) in [6.07, 6.45) is 4.49. The number of rotatable bonds is 21. The zero-order valence-electron chi connectivity index (χ0n) is 40.4. The van der Waals surface area contributed by atoms with Gasteiger partial charge in [0.05, 0.1) is 47.7 Å². The number of non-ortho nitro benzene ring substituents is 2. The van der Waals surface area contributed by atoms with Crippen LogP contribution in [0.25, 0.3) is 10.2 Å². The third-order valence-corrected chi connectivity index (χ3v) is 12.1. The summed E-state index contributed by atoms with van der Waals surface area (Å²) in [6.45, 7) is 18.8. The monoisotopic (exact) mass is 1000 g/mol. The van der Waals surface area contributed by atoms with E-state index in [2.05, 4.69) is 96.9 Å². The Balaban J connectivity index is 0.000000199. The third kappa shape index (κ3) is 16.6. The van der Waals surface area contributed by atoms with Crippen molar-refractivity contribution in [2.24, 2.45) is 30.7 Å². The number of nitrogens with zero attached hydrogens (tertiary/aromatic N) is 14. The van der Waals surface area contributed by atoms with E-state index >= 15 is 0 Å². The van der Waals surface area contributed by atoms with E-state index in [9.17, 15) is 30.3 Å². The molecule has 0 amide bonds. The summed E-state index contributed by atoms with van der Waals surface area (Å²) in [6, 6.07) is 34.1. The molecule has 0 radical (unpaired) electrons. The standard InChI is InChI=1S/C18H19N5O2S.C17H20N4O2.C14H17N5O2S/c1-3-11-22(4-2)14-7-5-13(6-8-14)20-21-18-19-16-10-9-15(23(24)25)12-17(16)26-18;1-3-13-20(4-2)16-9-5-14(6-10-16)18-19-15-7-11-17(12-8-15)21(22)23;1-3-9-18(4-2)12-7-5-11(6-8-12)16-17-14-15-10-13(22-14)19(20)21/h5-10,12H,3-4,11H2,1-2H3;5-12H,3-4,13H2,1-2H3;5-8,10H,3-4,9H2,1-2H3. The number of anilines is 3. The second kappa shape index (κ2) is 27.9. The highest BCUT2D eigenvalue weighted by atomic mass is 32.1. The predicted molar refractivity (Wildman–Crippen MR) is 285 cm³/mol. The molecule has 0 bridgehead atoms. The second-order valence-electron chi connectivity index (χ2n) is 15.3. The molecular formula is C49H56N14O6S2. The van der Waals surface area contributed by atoms with Crippen molar-refractivity contribution in [3.8, 4) is 0 Å². The molecule has 0 fully saturated rings. The van der Waals surface area contributed by atoms with Crippen molar-refractivity contribution in [2.45, 2.75) is 60.8 Å². The number of aromatic nitrogens is 2. The molecule has 0 N–H and O–H groups in total. The molecule has 0 saturated heterocycles. The maximum absolute atomic E-state index is 10.8. The van der Waals surface area contributed by atoms with Crippen LogP contribution in [0.15, 0.2) is 152 Å². The van der Waals surface area contributed by atoms with E-state index in [-0.39, 0.29) is 21.5 Å². The molecule has 0 spiro atoms. The zero-order chi connectivity index (χ0) is 51.1. The second-order valence-corrected chi connectivity index (χ2v) is 17.3. The van der Waals surface area contributed by atoms with Gasteiger partial charge in [0.25, 0.3) is 11.4 Å². The fraction of sp³-hybridized carbons (Fsp3) is 0.306. The molecule has 0 aliphatic carbocycles. The molecule has 0 saturated carbocycles. The van der Waals surface area contributed by atoms with Crippen LogP contribution in [0.5, 0.6) is 0 Å². The maximum atomic E-state index is 10.8. The van der Waals surface area contributed by atoms with Gasteiger partial charge in [-0.3, -0.25) is 30.3 Å². The number of thiazole rings is 2. The van der Waals surface area contributed by atoms with Crippen molar-refractivity contribution >= 4 is 99.3 Å². The molecule has 22 heteroatoms. The van der Waals surface area contributed by atoms with Crippen molar-refractivity contribution in [3.05, 3.63) is 152 Å². The van der Waals surface area contributed by atoms with Gasteiger partial charge >= 0.3 is 5.00 Å². The minimum Gasteiger partial charge on any atom is -0.372 e. The van der Waals surface area contributed by atoms with Gasteiger partial charge in [-0.25, -0.2) is 9.97 Å². The summed E-state index contributed by atoms with van der Waals surface area (Å²) in [4.78, 5) is 45.7. The van der Waals surface area contributed by atoms with Gasteiger partial charge in [-0.1, -0.05) is 32.1 Å². The Kier molecular flexibility index (Phi) is 21.2. The summed E-state index contributed by atoms with van der Waals surface area (Å²) < 4.78 is 0.724. The number of hydrogen-bond donors (Lipinski definition) is 0. The Bertz CT molecular complexity index is 2870. The summed E-state index contributed by atoms with van der Waals surface area (Å²) in [5.74, 6) is 0. The Labute approximate surface area is 419 Å². The number of hydrogen-bond acceptors (Lipinski definition) is 19. The molecule has 0 atom stereocenters. The van der Waals surface area contributed by atoms with Gasteiger partial charge in [-0.15, -0.1) is 20.5 Å². The summed E-state index contributed by atoms with van der Waals surface area (Å²) in [7, 11) is 0. The molecule has 0 unspecified atom stereocenters. The van der Waals surface area contributed by atoms with Crippen molar-refractivity contribution in [2.75, 3.05) is 54.0 Å². The molecule has 5 aromatic carbocycles. The first-order valence-corrected chi connectivity index (χ1v) is 24.7. The summed E-state index contributed by atoms with van der Waals surface area (Å²) in [5, 5.41) is 57.4. The third-order valence-electron chi connectivity index (χ3n) is 10.3. The highest BCUT2D eigenvalue weighted by molar-refractivity contribution is 7.22. The first kappa shape index (κ1) is 54.0. The van der Waals surface area contributed by atoms with Crippen LogP contribution in [-0.4, -0.2) is 64.0 Å². The van der Waals surface area contributed by atoms with Crippen molar-refractivity contribution < 1.29 is 14.8 Å². The number of nitro groups is 3. The van der Waals surface area contributed by atoms with Crippen molar-refractivity contribution in [1.82, 2.24) is 9.97 Å². The van der Waals surface area contributed by atoms with Gasteiger partial charge in [0.1, 0.15) is 6.20 Å². The first-order chi connectivity index (χ1) is 34.4. The Morgan fingerprint density at radius 3 is 1.21 bits per heavy atom. The van der Waals surface area contributed by atoms with Crippen LogP contribution in [0.2, 0.25) is 0 Å². The molecule has 2 heterocycles. The van der Waals surface area contributed by atoms with Crippen LogP contribution in [0, 0.1) is 30.3 Å². The van der Waals surface area contributed by atoms with Crippen LogP contribution in [0.3, 0.4) is 0 Å². The van der Waals surface area contributed by atoms with E-state index < -0.39 is 14.8 Å². The van der Waals surface area contributed by atoms with Gasteiger partial charge in [-0.2, -0.15) is 10.2 Å². The molecule has 0 aliphatic rings. The van der Waals surface area contributed by atoms with E-state index in [1.807, 2.05) is 72.8 Å². The SMILES string of the molecule is CCCN(CC)c1ccc(N=Nc2ccc([N+](=O)[O-])cc2)cc1.CCCN(CC)c1ccc(N=Nc2nc3ccc([N+](=O)[O-])cc3s2)cc1.CCCN(CC)c1ccc(N=Nc2ncc([N+](=O)[O-])s2)cc1. The number of azo groups is 3. The average Bonchev–Trinajstić information content (AvgIpc) is 4.05. The lowest BCUT2D eigenvalue weighted by molar-refractivity contribution is -0.385. The zero-order valence-corrected chi connectivity index (χ0v) is 42.1. The number of benzene rings is 5. The lowest BCUT2D eigenvalue weighted by Crippen LogP contribution is -2.23. The number of nitro benzene ring substituents is 2. The molecule has 20 nitrogen and oxygen atoms in total. The van der Waals surface area contributed by atoms with Crippen LogP contribution in [0.1, 0.15) is 60.8 Å². The van der Waals surface area contributed by atoms with E-state index in [4.69, 9.17) is 0 Å². The average molecular weight is 1000 g/mol. The predicted octanol–water partition coefficient (Wildman–Crippen LogP) is 15.8. The molecule has 0 aliphatic heterocycles. The van der Waals surface area contributed by atoms with E-state index in [1.54, 1.807) is 18.2 Å².